The fraction of sp³-hybridized carbons (Fsp3) is 0.357. The first kappa shape index (κ1) is 16.0. The van der Waals surface area contributed by atoms with Gasteiger partial charge in [0.05, 0.1) is 13.0 Å². The molecule has 1 aromatic rings. The van der Waals surface area contributed by atoms with Crippen LogP contribution < -0.4 is 5.32 Å². The third-order valence-electron chi connectivity index (χ3n) is 3.72. The first-order chi connectivity index (χ1) is 11.0. The Morgan fingerprint density at radius 3 is 2.78 bits per heavy atom. The number of β-lactam (4-membered cyclic amide) rings is 1. The standard InChI is InChI=1S/C14H14N2O5S2/c17-5-7-6-23-13-10(12(19)16(13)11(7)14(20)21)15-9(18)4-8-2-1-3-22-8/h1-3,6,10-11,13,17H,4-5H2,(H,15,18)(H,20,21)/t10-,11?,13-/m1/s1. The van der Waals surface area contributed by atoms with Gasteiger partial charge < -0.3 is 20.4 Å². The molecule has 1 saturated heterocycles. The number of thiophene rings is 1. The molecule has 9 heteroatoms. The van der Waals surface area contributed by atoms with E-state index in [-0.39, 0.29) is 17.9 Å². The molecule has 2 aliphatic heterocycles. The number of hydrogen-bond acceptors (Lipinski definition) is 6. The van der Waals surface area contributed by atoms with Gasteiger partial charge >= 0.3 is 5.97 Å². The molecule has 0 radical (unpaired) electrons. The Hall–Kier alpha value is -1.84. The van der Waals surface area contributed by atoms with E-state index in [4.69, 9.17) is 0 Å². The van der Waals surface area contributed by atoms with E-state index in [0.717, 1.165) is 4.88 Å². The maximum Gasteiger partial charge on any atom is 0.330 e. The normalized spacial score (nSPS) is 26.1. The molecule has 1 unspecified atom stereocenters. The second-order valence-electron chi connectivity index (χ2n) is 5.17. The van der Waals surface area contributed by atoms with Gasteiger partial charge in [0.1, 0.15) is 11.4 Å². The van der Waals surface area contributed by atoms with Crippen molar-refractivity contribution in [3.8, 4) is 0 Å². The van der Waals surface area contributed by atoms with Crippen LogP contribution in [-0.4, -0.2) is 57.0 Å². The third kappa shape index (κ3) is 2.87. The lowest BCUT2D eigenvalue weighted by atomic mass is 9.98. The molecule has 3 rings (SSSR count). The number of carbonyl (C=O) groups excluding carboxylic acids is 2. The fourth-order valence-corrected chi connectivity index (χ4v) is 4.55. The molecule has 0 saturated carbocycles. The minimum Gasteiger partial charge on any atom is -0.479 e. The second-order valence-corrected chi connectivity index (χ2v) is 7.19. The van der Waals surface area contributed by atoms with E-state index in [0.29, 0.717) is 0 Å². The molecular weight excluding hydrogens is 340 g/mol. The molecule has 1 fully saturated rings. The average molecular weight is 354 g/mol. The van der Waals surface area contributed by atoms with Crippen LogP contribution in [0, 0.1) is 0 Å². The number of hydrogen-bond donors (Lipinski definition) is 3. The Labute approximate surface area is 140 Å². The van der Waals surface area contributed by atoms with Crippen LogP contribution in [0.15, 0.2) is 28.5 Å². The van der Waals surface area contributed by atoms with Crippen LogP contribution in [0.5, 0.6) is 0 Å². The number of nitrogens with one attached hydrogen (secondary N) is 1. The van der Waals surface area contributed by atoms with Gasteiger partial charge in [0.15, 0.2) is 6.04 Å². The predicted molar refractivity (Wildman–Crippen MR) is 84.8 cm³/mol. The third-order valence-corrected chi connectivity index (χ3v) is 5.81. The lowest BCUT2D eigenvalue weighted by molar-refractivity contribution is -0.160. The minimum atomic E-state index is -1.19. The average Bonchev–Trinajstić information content (AvgIpc) is 3.03. The van der Waals surface area contributed by atoms with Crippen molar-refractivity contribution in [3.63, 3.8) is 0 Å². The number of aliphatic carboxylic acids is 1. The molecule has 122 valence electrons. The predicted octanol–water partition coefficient (Wildman–Crippen LogP) is 0.0199. The van der Waals surface area contributed by atoms with E-state index >= 15 is 0 Å². The van der Waals surface area contributed by atoms with E-state index in [2.05, 4.69) is 5.32 Å². The van der Waals surface area contributed by atoms with Crippen molar-refractivity contribution in [1.82, 2.24) is 10.2 Å². The van der Waals surface area contributed by atoms with Gasteiger partial charge in [-0.15, -0.1) is 23.1 Å². The van der Waals surface area contributed by atoms with Gasteiger partial charge in [-0.1, -0.05) is 6.07 Å². The highest BCUT2D eigenvalue weighted by atomic mass is 32.2. The summed E-state index contributed by atoms with van der Waals surface area (Å²) in [6, 6.07) is 1.79. The lowest BCUT2D eigenvalue weighted by Crippen LogP contribution is -2.74. The summed E-state index contributed by atoms with van der Waals surface area (Å²) in [7, 11) is 0. The van der Waals surface area contributed by atoms with Gasteiger partial charge in [0, 0.05) is 4.88 Å². The van der Waals surface area contributed by atoms with Crippen LogP contribution in [0.3, 0.4) is 0 Å². The summed E-state index contributed by atoms with van der Waals surface area (Å²) in [5, 5.41) is 24.2. The number of aliphatic hydroxyl groups excluding tert-OH is 1. The van der Waals surface area contributed by atoms with Crippen LogP contribution in [-0.2, 0) is 20.8 Å². The summed E-state index contributed by atoms with van der Waals surface area (Å²) < 4.78 is 0. The van der Waals surface area contributed by atoms with Gasteiger partial charge in [-0.25, -0.2) is 4.79 Å². The molecule has 3 atom stereocenters. The Bertz CT molecular complexity index is 673. The summed E-state index contributed by atoms with van der Waals surface area (Å²) in [6.45, 7) is -0.421. The van der Waals surface area contributed by atoms with E-state index in [1.54, 1.807) is 5.41 Å². The zero-order valence-electron chi connectivity index (χ0n) is 11.8. The van der Waals surface area contributed by atoms with Gasteiger partial charge in [-0.05, 0) is 22.4 Å². The molecule has 0 bridgehead atoms. The van der Waals surface area contributed by atoms with Gasteiger partial charge in [-0.3, -0.25) is 9.59 Å². The number of carboxylic acids is 1. The van der Waals surface area contributed by atoms with Gasteiger partial charge in [-0.2, -0.15) is 0 Å². The molecular formula is C14H14N2O5S2. The number of amides is 2. The number of carboxylic acid groups (broad SMARTS) is 1. The zero-order valence-corrected chi connectivity index (χ0v) is 13.5. The van der Waals surface area contributed by atoms with Crippen LogP contribution in [0.4, 0.5) is 0 Å². The van der Waals surface area contributed by atoms with Crippen LogP contribution in [0.2, 0.25) is 0 Å². The summed E-state index contributed by atoms with van der Waals surface area (Å²) in [4.78, 5) is 37.7. The SMILES string of the molecule is O=C(Cc1cccs1)N[C@@H]1C(=O)N2C(C(=O)O)C(CO)=CS[C@H]12. The van der Waals surface area contributed by atoms with Crippen LogP contribution >= 0.6 is 23.1 Å². The summed E-state index contributed by atoms with van der Waals surface area (Å²) >= 11 is 2.69. The fourth-order valence-electron chi connectivity index (χ4n) is 2.64. The molecule has 0 spiro atoms. The molecule has 0 aliphatic carbocycles. The number of nitrogens with zero attached hydrogens (tertiary/aromatic N) is 1. The van der Waals surface area contributed by atoms with Crippen molar-refractivity contribution >= 4 is 40.9 Å². The van der Waals surface area contributed by atoms with Crippen molar-refractivity contribution in [3.05, 3.63) is 33.4 Å². The van der Waals surface area contributed by atoms with Crippen molar-refractivity contribution in [2.75, 3.05) is 6.61 Å². The monoisotopic (exact) mass is 354 g/mol. The first-order valence-electron chi connectivity index (χ1n) is 6.85. The lowest BCUT2D eigenvalue weighted by Gasteiger charge is -2.51. The van der Waals surface area contributed by atoms with E-state index in [9.17, 15) is 24.6 Å². The number of fused-ring (bicyclic) bond motifs is 1. The molecule has 3 N–H and O–H groups in total. The summed E-state index contributed by atoms with van der Waals surface area (Å²) in [6.07, 6.45) is 0.193. The maximum atomic E-state index is 12.2. The van der Waals surface area contributed by atoms with Crippen molar-refractivity contribution in [2.45, 2.75) is 23.9 Å². The number of carbonyl (C=O) groups is 3. The van der Waals surface area contributed by atoms with Gasteiger partial charge in [0.2, 0.25) is 11.8 Å². The van der Waals surface area contributed by atoms with Crippen LogP contribution in [0.25, 0.3) is 0 Å². The molecule has 2 amide bonds. The molecule has 2 aliphatic rings. The van der Waals surface area contributed by atoms with E-state index < -0.39 is 35.9 Å². The highest BCUT2D eigenvalue weighted by molar-refractivity contribution is 8.02. The van der Waals surface area contributed by atoms with E-state index in [1.165, 1.54) is 28.0 Å². The molecule has 3 heterocycles. The van der Waals surface area contributed by atoms with Crippen molar-refractivity contribution in [2.24, 2.45) is 0 Å². The minimum absolute atomic E-state index is 0.193. The number of rotatable bonds is 5. The Balaban J connectivity index is 1.68. The van der Waals surface area contributed by atoms with Crippen molar-refractivity contribution in [1.29, 1.82) is 0 Å². The Morgan fingerprint density at radius 1 is 1.39 bits per heavy atom. The van der Waals surface area contributed by atoms with Crippen LogP contribution in [0.1, 0.15) is 4.88 Å². The topological polar surface area (TPSA) is 107 Å². The smallest absolute Gasteiger partial charge is 0.330 e. The Kier molecular flexibility index (Phi) is 4.42. The summed E-state index contributed by atoms with van der Waals surface area (Å²) in [5.74, 6) is -1.89. The van der Waals surface area contributed by atoms with Crippen molar-refractivity contribution < 1.29 is 24.6 Å². The highest BCUT2D eigenvalue weighted by Crippen LogP contribution is 2.39. The van der Waals surface area contributed by atoms with E-state index in [1.807, 2.05) is 17.5 Å². The first-order valence-corrected chi connectivity index (χ1v) is 8.67. The van der Waals surface area contributed by atoms with Gasteiger partial charge in [0.25, 0.3) is 0 Å². The quantitative estimate of drug-likeness (QED) is 0.644. The highest BCUT2D eigenvalue weighted by Gasteiger charge is 2.55. The zero-order chi connectivity index (χ0) is 16.6. The summed E-state index contributed by atoms with van der Waals surface area (Å²) in [5.41, 5.74) is 0.274. The largest absolute Gasteiger partial charge is 0.479 e. The maximum absolute atomic E-state index is 12.2. The molecule has 7 nitrogen and oxygen atoms in total. The number of thioether (sulfide) groups is 1. The molecule has 1 aromatic heterocycles. The molecule has 23 heavy (non-hydrogen) atoms. The number of aliphatic hydroxyl groups is 1. The Morgan fingerprint density at radius 2 is 2.17 bits per heavy atom. The molecule has 0 aromatic carbocycles. The second kappa shape index (κ2) is 6.34.